The number of anilines is 1. The molecule has 1 fully saturated rings. The summed E-state index contributed by atoms with van der Waals surface area (Å²) in [4.78, 5) is 12.7. The van der Waals surface area contributed by atoms with Crippen LogP contribution in [0.1, 0.15) is 68.3 Å². The summed E-state index contributed by atoms with van der Waals surface area (Å²) in [5.41, 5.74) is 2.69. The van der Waals surface area contributed by atoms with Crippen molar-refractivity contribution in [3.8, 4) is 0 Å². The smallest absolute Gasteiger partial charge is 0.229 e. The van der Waals surface area contributed by atoms with E-state index in [1.807, 2.05) is 39.8 Å². The lowest BCUT2D eigenvalue weighted by Gasteiger charge is -2.20. The lowest BCUT2D eigenvalue weighted by Crippen LogP contribution is -2.28. The SMILES string of the molecule is C[C@@H](NC(=O)C1CC1c1ccc(C(C)(C)C)c(F)c1)c1ccc(NS(C)(=O)=O)c(CO)c1. The molecule has 1 saturated carbocycles. The number of amides is 1. The summed E-state index contributed by atoms with van der Waals surface area (Å²) in [7, 11) is -3.47. The molecule has 2 unspecified atom stereocenters. The van der Waals surface area contributed by atoms with Crippen LogP contribution in [0.25, 0.3) is 0 Å². The Kier molecular flexibility index (Phi) is 6.67. The van der Waals surface area contributed by atoms with Gasteiger partial charge in [0.2, 0.25) is 15.9 Å². The fourth-order valence-corrected chi connectivity index (χ4v) is 4.54. The van der Waals surface area contributed by atoms with E-state index in [-0.39, 0.29) is 41.6 Å². The second kappa shape index (κ2) is 8.83. The first-order chi connectivity index (χ1) is 14.8. The summed E-state index contributed by atoms with van der Waals surface area (Å²) in [5, 5.41) is 12.6. The van der Waals surface area contributed by atoms with Crippen LogP contribution >= 0.6 is 0 Å². The Morgan fingerprint density at radius 1 is 1.22 bits per heavy atom. The highest BCUT2D eigenvalue weighted by Gasteiger charge is 2.44. The van der Waals surface area contributed by atoms with E-state index >= 15 is 0 Å². The summed E-state index contributed by atoms with van der Waals surface area (Å²) >= 11 is 0. The van der Waals surface area contributed by atoms with E-state index in [0.717, 1.165) is 17.4 Å². The fourth-order valence-electron chi connectivity index (χ4n) is 3.94. The fraction of sp³-hybridized carbons (Fsp3) is 0.458. The molecule has 1 amide bonds. The zero-order valence-electron chi connectivity index (χ0n) is 19.1. The normalized spacial score (nSPS) is 19.3. The Morgan fingerprint density at radius 2 is 1.91 bits per heavy atom. The van der Waals surface area contributed by atoms with E-state index in [1.165, 1.54) is 0 Å². The Labute approximate surface area is 189 Å². The number of carbonyl (C=O) groups excluding carboxylic acids is 1. The maximum atomic E-state index is 14.5. The molecule has 0 saturated heterocycles. The van der Waals surface area contributed by atoms with E-state index < -0.39 is 10.0 Å². The minimum atomic E-state index is -3.47. The molecule has 3 atom stereocenters. The molecule has 1 aliphatic carbocycles. The molecule has 2 aromatic rings. The van der Waals surface area contributed by atoms with Crippen molar-refractivity contribution in [3.05, 3.63) is 64.5 Å². The third-order valence-electron chi connectivity index (χ3n) is 5.81. The summed E-state index contributed by atoms with van der Waals surface area (Å²) in [5.74, 6) is -0.554. The van der Waals surface area contributed by atoms with Crippen LogP contribution in [-0.4, -0.2) is 25.7 Å². The van der Waals surface area contributed by atoms with Crippen molar-refractivity contribution in [2.45, 2.75) is 58.1 Å². The van der Waals surface area contributed by atoms with E-state index in [1.54, 1.807) is 24.3 Å². The van der Waals surface area contributed by atoms with Gasteiger partial charge >= 0.3 is 0 Å². The molecule has 6 nitrogen and oxygen atoms in total. The first-order valence-electron chi connectivity index (χ1n) is 10.6. The standard InChI is InChI=1S/C24H31FN2O4S/c1-14(15-7-9-22(17(10-15)13-28)27-32(5,30)31)26-23(29)19-12-18(19)16-6-8-20(21(25)11-16)24(2,3)4/h6-11,14,18-19,27-28H,12-13H2,1-5H3,(H,26,29)/t14-,18?,19?/m1/s1. The minimum absolute atomic E-state index is 0.0000537. The molecule has 0 aliphatic heterocycles. The van der Waals surface area contributed by atoms with Gasteiger partial charge in [0.25, 0.3) is 0 Å². The van der Waals surface area contributed by atoms with Crippen LogP contribution in [0.3, 0.4) is 0 Å². The summed E-state index contributed by atoms with van der Waals surface area (Å²) < 4.78 is 39.9. The van der Waals surface area contributed by atoms with E-state index in [0.29, 0.717) is 23.2 Å². The van der Waals surface area contributed by atoms with Crippen molar-refractivity contribution < 1.29 is 22.7 Å². The average molecular weight is 463 g/mol. The molecule has 0 aromatic heterocycles. The van der Waals surface area contributed by atoms with Crippen molar-refractivity contribution in [1.82, 2.24) is 5.32 Å². The first-order valence-corrected chi connectivity index (χ1v) is 12.5. The highest BCUT2D eigenvalue weighted by atomic mass is 32.2. The predicted octanol–water partition coefficient (Wildman–Crippen LogP) is 3.97. The van der Waals surface area contributed by atoms with Gasteiger partial charge < -0.3 is 10.4 Å². The lowest BCUT2D eigenvalue weighted by molar-refractivity contribution is -0.123. The minimum Gasteiger partial charge on any atom is -0.392 e. The number of sulfonamides is 1. The van der Waals surface area contributed by atoms with Crippen molar-refractivity contribution in [3.63, 3.8) is 0 Å². The van der Waals surface area contributed by atoms with Crippen LogP contribution in [0.4, 0.5) is 10.1 Å². The first kappa shape index (κ1) is 24.2. The molecular weight excluding hydrogens is 431 g/mol. The number of nitrogens with one attached hydrogen (secondary N) is 2. The molecule has 0 spiro atoms. The average Bonchev–Trinajstić information content (AvgIpc) is 3.47. The Morgan fingerprint density at radius 3 is 2.47 bits per heavy atom. The Hall–Kier alpha value is -2.45. The van der Waals surface area contributed by atoms with Gasteiger partial charge in [0.15, 0.2) is 0 Å². The van der Waals surface area contributed by atoms with Crippen LogP contribution in [0, 0.1) is 11.7 Å². The molecule has 32 heavy (non-hydrogen) atoms. The molecule has 1 aliphatic rings. The molecule has 0 heterocycles. The molecule has 8 heteroatoms. The van der Waals surface area contributed by atoms with Gasteiger partial charge in [0.1, 0.15) is 5.82 Å². The quantitative estimate of drug-likeness (QED) is 0.580. The van der Waals surface area contributed by atoms with Crippen LogP contribution < -0.4 is 10.0 Å². The third-order valence-corrected chi connectivity index (χ3v) is 6.40. The largest absolute Gasteiger partial charge is 0.392 e. The van der Waals surface area contributed by atoms with E-state index in [2.05, 4.69) is 10.0 Å². The van der Waals surface area contributed by atoms with Crippen LogP contribution in [0.15, 0.2) is 36.4 Å². The second-order valence-electron chi connectivity index (χ2n) is 9.62. The zero-order chi connectivity index (χ0) is 23.8. The summed E-state index contributed by atoms with van der Waals surface area (Å²) in [6.07, 6.45) is 1.71. The van der Waals surface area contributed by atoms with Crippen molar-refractivity contribution >= 4 is 21.6 Å². The molecule has 2 aromatic carbocycles. The number of aliphatic hydroxyl groups is 1. The second-order valence-corrected chi connectivity index (χ2v) is 11.4. The van der Waals surface area contributed by atoms with Gasteiger partial charge in [0, 0.05) is 11.5 Å². The van der Waals surface area contributed by atoms with Gasteiger partial charge in [-0.2, -0.15) is 0 Å². The number of rotatable bonds is 7. The molecule has 3 N–H and O–H groups in total. The Balaban J connectivity index is 1.66. The van der Waals surface area contributed by atoms with Crippen molar-refractivity contribution in [2.24, 2.45) is 5.92 Å². The van der Waals surface area contributed by atoms with Gasteiger partial charge in [-0.25, -0.2) is 12.8 Å². The van der Waals surface area contributed by atoms with Crippen molar-refractivity contribution in [2.75, 3.05) is 11.0 Å². The van der Waals surface area contributed by atoms with Gasteiger partial charge in [-0.05, 0) is 59.6 Å². The maximum absolute atomic E-state index is 14.5. The van der Waals surface area contributed by atoms with Crippen LogP contribution in [0.5, 0.6) is 0 Å². The van der Waals surface area contributed by atoms with Gasteiger partial charge in [-0.1, -0.05) is 39.0 Å². The number of hydrogen-bond acceptors (Lipinski definition) is 4. The molecule has 174 valence electrons. The summed E-state index contributed by atoms with van der Waals surface area (Å²) in [6, 6.07) is 9.88. The molecule has 0 bridgehead atoms. The lowest BCUT2D eigenvalue weighted by atomic mass is 9.86. The molecule has 3 rings (SSSR count). The van der Waals surface area contributed by atoms with Crippen LogP contribution in [-0.2, 0) is 26.8 Å². The topological polar surface area (TPSA) is 95.5 Å². The maximum Gasteiger partial charge on any atom is 0.229 e. The Bertz CT molecular complexity index is 1130. The number of carbonyl (C=O) groups is 1. The van der Waals surface area contributed by atoms with E-state index in [9.17, 15) is 22.7 Å². The number of hydrogen-bond donors (Lipinski definition) is 3. The molecular formula is C24H31FN2O4S. The number of aliphatic hydroxyl groups excluding tert-OH is 1. The van der Waals surface area contributed by atoms with Crippen molar-refractivity contribution in [1.29, 1.82) is 0 Å². The molecule has 0 radical (unpaired) electrons. The number of benzene rings is 2. The van der Waals surface area contributed by atoms with Gasteiger partial charge in [-0.3, -0.25) is 9.52 Å². The highest BCUT2D eigenvalue weighted by Crippen LogP contribution is 2.48. The zero-order valence-corrected chi connectivity index (χ0v) is 19.9. The van der Waals surface area contributed by atoms with Gasteiger partial charge in [-0.15, -0.1) is 0 Å². The monoisotopic (exact) mass is 462 g/mol. The third kappa shape index (κ3) is 5.66. The van der Waals surface area contributed by atoms with Gasteiger partial charge in [0.05, 0.1) is 24.6 Å². The number of halogens is 1. The van der Waals surface area contributed by atoms with Crippen LogP contribution in [0.2, 0.25) is 0 Å². The highest BCUT2D eigenvalue weighted by molar-refractivity contribution is 7.92. The van der Waals surface area contributed by atoms with E-state index in [4.69, 9.17) is 0 Å². The predicted molar refractivity (Wildman–Crippen MR) is 123 cm³/mol. The summed E-state index contributed by atoms with van der Waals surface area (Å²) in [6.45, 7) is 7.38.